The van der Waals surface area contributed by atoms with E-state index < -0.39 is 23.7 Å². The van der Waals surface area contributed by atoms with Crippen LogP contribution in [0.5, 0.6) is 0 Å². The normalized spacial score (nSPS) is 12.9. The summed E-state index contributed by atoms with van der Waals surface area (Å²) in [6.07, 6.45) is -0.633. The highest BCUT2D eigenvalue weighted by Crippen LogP contribution is 2.26. The monoisotopic (exact) mass is 352 g/mol. The number of fused-ring (bicyclic) bond motifs is 1. The third kappa shape index (κ3) is 4.41. The molecular weight excluding hydrogens is 332 g/mol. The number of carbonyl (C=O) groups is 2. The van der Waals surface area contributed by atoms with Crippen LogP contribution in [-0.2, 0) is 16.0 Å². The van der Waals surface area contributed by atoms with E-state index in [1.165, 1.54) is 0 Å². The van der Waals surface area contributed by atoms with Gasteiger partial charge in [-0.05, 0) is 51.5 Å². The van der Waals surface area contributed by atoms with Crippen LogP contribution in [0, 0.1) is 6.92 Å². The van der Waals surface area contributed by atoms with Crippen LogP contribution in [0.3, 0.4) is 0 Å². The lowest BCUT2D eigenvalue weighted by Gasteiger charge is -2.22. The Bertz CT molecular complexity index is 777. The fraction of sp³-hybridized carbons (Fsp3) is 0.412. The number of alkyl carbamates (subject to hydrolysis) is 1. The first-order valence-corrected chi connectivity index (χ1v) is 7.93. The molecule has 0 bridgehead atoms. The number of carbonyl (C=O) groups excluding carboxylic acids is 1. The van der Waals surface area contributed by atoms with Gasteiger partial charge in [-0.3, -0.25) is 0 Å². The second kappa shape index (κ2) is 6.73. The molecule has 0 aliphatic carbocycles. The number of benzene rings is 1. The Morgan fingerprint density at radius 3 is 2.62 bits per heavy atom. The molecule has 1 aromatic heterocycles. The van der Waals surface area contributed by atoms with Crippen LogP contribution in [0.2, 0.25) is 5.02 Å². The van der Waals surface area contributed by atoms with Crippen LogP contribution in [-0.4, -0.2) is 33.8 Å². The predicted octanol–water partition coefficient (Wildman–Crippen LogP) is 3.65. The summed E-state index contributed by atoms with van der Waals surface area (Å²) >= 11 is 6.04. The van der Waals surface area contributed by atoms with Crippen molar-refractivity contribution in [3.05, 3.63) is 34.5 Å². The highest BCUT2D eigenvalue weighted by molar-refractivity contribution is 6.31. The van der Waals surface area contributed by atoms with Crippen LogP contribution >= 0.6 is 11.6 Å². The van der Waals surface area contributed by atoms with Crippen LogP contribution in [0.25, 0.3) is 10.9 Å². The van der Waals surface area contributed by atoms with E-state index in [1.54, 1.807) is 32.9 Å². The SMILES string of the molecule is Cc1[nH]c2ccc(Cl)cc2c1CC(NC(=O)OC(C)(C)C)C(=O)O. The zero-order chi connectivity index (χ0) is 18.1. The molecule has 1 atom stereocenters. The van der Waals surface area contributed by atoms with Crippen molar-refractivity contribution in [1.29, 1.82) is 0 Å². The van der Waals surface area contributed by atoms with E-state index >= 15 is 0 Å². The molecule has 1 amide bonds. The van der Waals surface area contributed by atoms with Gasteiger partial charge in [-0.1, -0.05) is 11.6 Å². The minimum Gasteiger partial charge on any atom is -0.480 e. The van der Waals surface area contributed by atoms with Crippen LogP contribution in [0.15, 0.2) is 18.2 Å². The molecule has 7 heteroatoms. The van der Waals surface area contributed by atoms with Crippen molar-refractivity contribution in [2.45, 2.75) is 45.8 Å². The number of aromatic nitrogens is 1. The van der Waals surface area contributed by atoms with E-state index in [0.29, 0.717) is 5.02 Å². The van der Waals surface area contributed by atoms with Gasteiger partial charge in [-0.15, -0.1) is 0 Å². The maximum atomic E-state index is 11.9. The average molecular weight is 353 g/mol. The number of rotatable bonds is 4. The average Bonchev–Trinajstić information content (AvgIpc) is 2.72. The maximum absolute atomic E-state index is 11.9. The Balaban J connectivity index is 2.25. The number of hydrogen-bond donors (Lipinski definition) is 3. The van der Waals surface area contributed by atoms with E-state index in [4.69, 9.17) is 16.3 Å². The number of H-pyrrole nitrogens is 1. The Labute approximate surface area is 145 Å². The van der Waals surface area contributed by atoms with Crippen molar-refractivity contribution in [3.8, 4) is 0 Å². The highest BCUT2D eigenvalue weighted by atomic mass is 35.5. The molecule has 0 saturated heterocycles. The van der Waals surface area contributed by atoms with Crippen molar-refractivity contribution in [2.24, 2.45) is 0 Å². The Morgan fingerprint density at radius 1 is 1.38 bits per heavy atom. The molecule has 6 nitrogen and oxygen atoms in total. The number of halogens is 1. The number of aliphatic carboxylic acids is 1. The molecule has 0 aliphatic heterocycles. The first kappa shape index (κ1) is 18.1. The Morgan fingerprint density at radius 2 is 2.04 bits per heavy atom. The molecule has 0 saturated carbocycles. The summed E-state index contributed by atoms with van der Waals surface area (Å²) in [6, 6.07) is 4.28. The number of hydrogen-bond acceptors (Lipinski definition) is 3. The summed E-state index contributed by atoms with van der Waals surface area (Å²) in [5.74, 6) is -1.13. The van der Waals surface area contributed by atoms with Crippen LogP contribution in [0.4, 0.5) is 4.79 Å². The number of aryl methyl sites for hydroxylation is 1. The first-order chi connectivity index (χ1) is 11.1. The summed E-state index contributed by atoms with van der Waals surface area (Å²) in [4.78, 5) is 26.6. The Kier molecular flexibility index (Phi) is 5.08. The quantitative estimate of drug-likeness (QED) is 0.783. The highest BCUT2D eigenvalue weighted by Gasteiger charge is 2.26. The largest absolute Gasteiger partial charge is 0.480 e. The van der Waals surface area contributed by atoms with Crippen molar-refractivity contribution in [3.63, 3.8) is 0 Å². The number of amides is 1. The van der Waals surface area contributed by atoms with E-state index in [2.05, 4.69) is 10.3 Å². The van der Waals surface area contributed by atoms with Crippen LogP contribution in [0.1, 0.15) is 32.0 Å². The zero-order valence-electron chi connectivity index (χ0n) is 14.1. The van der Waals surface area contributed by atoms with Gasteiger partial charge in [0.05, 0.1) is 0 Å². The van der Waals surface area contributed by atoms with Gasteiger partial charge in [-0.25, -0.2) is 9.59 Å². The van der Waals surface area contributed by atoms with E-state index in [9.17, 15) is 14.7 Å². The summed E-state index contributed by atoms with van der Waals surface area (Å²) in [6.45, 7) is 7.01. The minimum absolute atomic E-state index is 0.126. The predicted molar refractivity (Wildman–Crippen MR) is 92.5 cm³/mol. The molecule has 0 spiro atoms. The van der Waals surface area contributed by atoms with Gasteiger partial charge in [-0.2, -0.15) is 0 Å². The first-order valence-electron chi connectivity index (χ1n) is 7.56. The molecular formula is C17H21ClN2O4. The second-order valence-electron chi connectivity index (χ2n) is 6.66. The molecule has 2 rings (SSSR count). The molecule has 1 heterocycles. The minimum atomic E-state index is -1.13. The van der Waals surface area contributed by atoms with E-state index in [1.807, 2.05) is 13.0 Å². The summed E-state index contributed by atoms with van der Waals surface area (Å²) in [5, 5.41) is 13.2. The number of nitrogens with one attached hydrogen (secondary N) is 2. The lowest BCUT2D eigenvalue weighted by molar-refractivity contribution is -0.139. The fourth-order valence-corrected chi connectivity index (χ4v) is 2.64. The second-order valence-corrected chi connectivity index (χ2v) is 7.10. The standard InChI is InChI=1S/C17H21ClN2O4/c1-9-11(12-7-10(18)5-6-13(12)19-9)8-14(15(21)22)20-16(23)24-17(2,3)4/h5-7,14,19H,8H2,1-4H3,(H,20,23)(H,21,22). The molecule has 1 aromatic carbocycles. The molecule has 0 fully saturated rings. The Hall–Kier alpha value is -2.21. The molecule has 1 unspecified atom stereocenters. The molecule has 3 N–H and O–H groups in total. The van der Waals surface area contributed by atoms with Gasteiger partial charge in [0.25, 0.3) is 0 Å². The van der Waals surface area contributed by atoms with Gasteiger partial charge in [0.2, 0.25) is 0 Å². The topological polar surface area (TPSA) is 91.4 Å². The maximum Gasteiger partial charge on any atom is 0.408 e. The van der Waals surface area contributed by atoms with E-state index in [0.717, 1.165) is 22.2 Å². The van der Waals surface area contributed by atoms with Crippen molar-refractivity contribution >= 4 is 34.6 Å². The van der Waals surface area contributed by atoms with Gasteiger partial charge >= 0.3 is 12.1 Å². The lowest BCUT2D eigenvalue weighted by Crippen LogP contribution is -2.44. The summed E-state index contributed by atoms with van der Waals surface area (Å²) < 4.78 is 5.13. The third-order valence-corrected chi connectivity index (χ3v) is 3.71. The molecule has 130 valence electrons. The lowest BCUT2D eigenvalue weighted by atomic mass is 10.0. The molecule has 24 heavy (non-hydrogen) atoms. The fourth-order valence-electron chi connectivity index (χ4n) is 2.47. The van der Waals surface area contributed by atoms with E-state index in [-0.39, 0.29) is 6.42 Å². The molecule has 0 radical (unpaired) electrons. The van der Waals surface area contributed by atoms with Crippen LogP contribution < -0.4 is 5.32 Å². The molecule has 2 aromatic rings. The van der Waals surface area contributed by atoms with Crippen molar-refractivity contribution < 1.29 is 19.4 Å². The smallest absolute Gasteiger partial charge is 0.408 e. The number of aromatic amines is 1. The van der Waals surface area contributed by atoms with Gasteiger partial charge in [0, 0.05) is 28.0 Å². The number of carboxylic acid groups (broad SMARTS) is 1. The zero-order valence-corrected chi connectivity index (χ0v) is 14.8. The third-order valence-electron chi connectivity index (χ3n) is 3.48. The van der Waals surface area contributed by atoms with Crippen molar-refractivity contribution in [1.82, 2.24) is 10.3 Å². The number of carboxylic acids is 1. The van der Waals surface area contributed by atoms with Gasteiger partial charge in [0.15, 0.2) is 0 Å². The van der Waals surface area contributed by atoms with Gasteiger partial charge in [0.1, 0.15) is 11.6 Å². The summed E-state index contributed by atoms with van der Waals surface area (Å²) in [5.41, 5.74) is 1.81. The summed E-state index contributed by atoms with van der Waals surface area (Å²) in [7, 11) is 0. The van der Waals surface area contributed by atoms with Gasteiger partial charge < -0.3 is 20.1 Å². The van der Waals surface area contributed by atoms with Crippen molar-refractivity contribution in [2.75, 3.05) is 0 Å². The number of ether oxygens (including phenoxy) is 1. The molecule has 0 aliphatic rings.